The average Bonchev–Trinajstić information content (AvgIpc) is 3.17. The highest BCUT2D eigenvalue weighted by Gasteiger charge is 2.16. The second kappa shape index (κ2) is 10.7. The molecule has 3 aromatic rings. The molecule has 0 aliphatic heterocycles. The standard InChI is InChI=1S/C25H29N3O3/c1-3-5-8-16-28-23(26-24(27-28)22(29)9-4-2)17-18-12-14-19(15-13-18)20-10-6-7-11-21(20)25(30)31/h6-7,10-15H,3-5,8-9,16-17H2,1-2H3,(H,30,31). The first-order valence-corrected chi connectivity index (χ1v) is 10.9. The number of aryl methyl sites for hydroxylation is 1. The number of unbranched alkanes of at least 4 members (excludes halogenated alkanes) is 2. The minimum Gasteiger partial charge on any atom is -0.478 e. The van der Waals surface area contributed by atoms with Gasteiger partial charge in [-0.2, -0.15) is 0 Å². The SMILES string of the molecule is CCCCCn1nc(C(=O)CCC)nc1Cc1ccc(-c2ccccc2C(=O)O)cc1. The zero-order valence-electron chi connectivity index (χ0n) is 18.2. The molecule has 0 fully saturated rings. The van der Waals surface area contributed by atoms with Crippen LogP contribution in [0.1, 0.15) is 78.3 Å². The molecule has 0 saturated carbocycles. The number of Topliss-reactive ketones (excluding diaryl/α,β-unsaturated/α-hetero) is 1. The molecule has 0 spiro atoms. The number of aromatic carboxylic acids is 1. The Kier molecular flexibility index (Phi) is 7.70. The number of carboxylic acids is 1. The van der Waals surface area contributed by atoms with E-state index in [1.807, 2.05) is 48.0 Å². The summed E-state index contributed by atoms with van der Waals surface area (Å²) < 4.78 is 1.87. The summed E-state index contributed by atoms with van der Waals surface area (Å²) in [6, 6.07) is 14.8. The third-order valence-corrected chi connectivity index (χ3v) is 5.23. The minimum atomic E-state index is -0.941. The fourth-order valence-electron chi connectivity index (χ4n) is 3.56. The molecule has 1 heterocycles. The van der Waals surface area contributed by atoms with Crippen molar-refractivity contribution >= 4 is 11.8 Å². The Hall–Kier alpha value is -3.28. The van der Waals surface area contributed by atoms with Gasteiger partial charge in [-0.25, -0.2) is 14.5 Å². The largest absolute Gasteiger partial charge is 0.478 e. The van der Waals surface area contributed by atoms with Gasteiger partial charge in [0.25, 0.3) is 0 Å². The normalized spacial score (nSPS) is 10.9. The number of rotatable bonds is 11. The Morgan fingerprint density at radius 2 is 1.71 bits per heavy atom. The van der Waals surface area contributed by atoms with Crippen molar-refractivity contribution in [1.29, 1.82) is 0 Å². The molecule has 0 amide bonds. The van der Waals surface area contributed by atoms with Crippen LogP contribution in [0.15, 0.2) is 48.5 Å². The molecule has 1 aromatic heterocycles. The number of hydrogen-bond acceptors (Lipinski definition) is 4. The third kappa shape index (κ3) is 5.66. The molecule has 0 aliphatic rings. The van der Waals surface area contributed by atoms with Gasteiger partial charge < -0.3 is 5.11 Å². The maximum atomic E-state index is 12.3. The molecule has 0 atom stereocenters. The zero-order valence-corrected chi connectivity index (χ0v) is 18.2. The van der Waals surface area contributed by atoms with E-state index in [1.165, 1.54) is 0 Å². The predicted molar refractivity (Wildman–Crippen MR) is 120 cm³/mol. The van der Waals surface area contributed by atoms with Gasteiger partial charge in [0.1, 0.15) is 5.82 Å². The lowest BCUT2D eigenvalue weighted by molar-refractivity contribution is 0.0697. The van der Waals surface area contributed by atoms with Gasteiger partial charge in [0.15, 0.2) is 0 Å². The lowest BCUT2D eigenvalue weighted by atomic mass is 9.98. The second-order valence-corrected chi connectivity index (χ2v) is 7.68. The van der Waals surface area contributed by atoms with Crippen LogP contribution in [0.2, 0.25) is 0 Å². The van der Waals surface area contributed by atoms with E-state index in [1.54, 1.807) is 12.1 Å². The van der Waals surface area contributed by atoms with Gasteiger partial charge in [0.05, 0.1) is 5.56 Å². The summed E-state index contributed by atoms with van der Waals surface area (Å²) in [6.45, 7) is 4.88. The van der Waals surface area contributed by atoms with Crippen LogP contribution in [0.4, 0.5) is 0 Å². The van der Waals surface area contributed by atoms with E-state index in [-0.39, 0.29) is 11.3 Å². The Bertz CT molecular complexity index is 1040. The first-order valence-electron chi connectivity index (χ1n) is 10.9. The minimum absolute atomic E-state index is 0.0152. The van der Waals surface area contributed by atoms with Crippen molar-refractivity contribution in [3.8, 4) is 11.1 Å². The Labute approximate surface area is 183 Å². The summed E-state index contributed by atoms with van der Waals surface area (Å²) in [4.78, 5) is 28.3. The molecule has 0 radical (unpaired) electrons. The summed E-state index contributed by atoms with van der Waals surface area (Å²) >= 11 is 0. The van der Waals surface area contributed by atoms with Crippen molar-refractivity contribution < 1.29 is 14.7 Å². The smallest absolute Gasteiger partial charge is 0.336 e. The van der Waals surface area contributed by atoms with E-state index in [0.29, 0.717) is 24.2 Å². The number of carboxylic acid groups (broad SMARTS) is 1. The number of benzene rings is 2. The van der Waals surface area contributed by atoms with Gasteiger partial charge in [-0.15, -0.1) is 5.10 Å². The van der Waals surface area contributed by atoms with Gasteiger partial charge in [0, 0.05) is 19.4 Å². The van der Waals surface area contributed by atoms with E-state index < -0.39 is 5.97 Å². The number of nitrogens with zero attached hydrogens (tertiary/aromatic N) is 3. The van der Waals surface area contributed by atoms with Crippen LogP contribution >= 0.6 is 0 Å². The highest BCUT2D eigenvalue weighted by atomic mass is 16.4. The van der Waals surface area contributed by atoms with E-state index >= 15 is 0 Å². The van der Waals surface area contributed by atoms with Gasteiger partial charge in [0.2, 0.25) is 11.6 Å². The van der Waals surface area contributed by atoms with Crippen molar-refractivity contribution in [3.05, 3.63) is 71.3 Å². The summed E-state index contributed by atoms with van der Waals surface area (Å²) in [5.41, 5.74) is 2.86. The molecule has 6 heteroatoms. The highest BCUT2D eigenvalue weighted by Crippen LogP contribution is 2.24. The van der Waals surface area contributed by atoms with E-state index in [0.717, 1.165) is 49.2 Å². The summed E-state index contributed by atoms with van der Waals surface area (Å²) in [5, 5.41) is 13.9. The fraction of sp³-hybridized carbons (Fsp3) is 0.360. The van der Waals surface area contributed by atoms with Crippen molar-refractivity contribution in [2.45, 2.75) is 58.9 Å². The van der Waals surface area contributed by atoms with Crippen LogP contribution in [-0.2, 0) is 13.0 Å². The van der Waals surface area contributed by atoms with E-state index in [4.69, 9.17) is 0 Å². The zero-order chi connectivity index (χ0) is 22.2. The van der Waals surface area contributed by atoms with Crippen molar-refractivity contribution in [3.63, 3.8) is 0 Å². The van der Waals surface area contributed by atoms with Crippen LogP contribution < -0.4 is 0 Å². The van der Waals surface area contributed by atoms with Crippen LogP contribution in [-0.4, -0.2) is 31.6 Å². The topological polar surface area (TPSA) is 85.1 Å². The molecule has 0 unspecified atom stereocenters. The van der Waals surface area contributed by atoms with Crippen molar-refractivity contribution in [2.24, 2.45) is 0 Å². The molecule has 1 N–H and O–H groups in total. The lowest BCUT2D eigenvalue weighted by Gasteiger charge is -2.08. The summed E-state index contributed by atoms with van der Waals surface area (Å²) in [6.07, 6.45) is 5.02. The number of hydrogen-bond donors (Lipinski definition) is 1. The molecule has 2 aromatic carbocycles. The third-order valence-electron chi connectivity index (χ3n) is 5.23. The molecular formula is C25H29N3O3. The Balaban J connectivity index is 1.83. The quantitative estimate of drug-likeness (QED) is 0.332. The molecule has 3 rings (SSSR count). The first kappa shape index (κ1) is 22.4. The number of ketones is 1. The average molecular weight is 420 g/mol. The summed E-state index contributed by atoms with van der Waals surface area (Å²) in [5.74, 6) is 0.136. The van der Waals surface area contributed by atoms with E-state index in [2.05, 4.69) is 17.0 Å². The molecule has 0 saturated heterocycles. The van der Waals surface area contributed by atoms with Crippen LogP contribution in [0.25, 0.3) is 11.1 Å². The van der Waals surface area contributed by atoms with Gasteiger partial charge >= 0.3 is 5.97 Å². The monoisotopic (exact) mass is 419 g/mol. The Morgan fingerprint density at radius 1 is 0.968 bits per heavy atom. The van der Waals surface area contributed by atoms with Crippen LogP contribution in [0.3, 0.4) is 0 Å². The maximum absolute atomic E-state index is 12.3. The first-order chi connectivity index (χ1) is 15.0. The molecule has 0 aliphatic carbocycles. The van der Waals surface area contributed by atoms with Gasteiger partial charge in [-0.3, -0.25) is 4.79 Å². The number of aromatic nitrogens is 3. The molecule has 0 bridgehead atoms. The predicted octanol–water partition coefficient (Wildman–Crippen LogP) is 5.41. The number of carbonyl (C=O) groups is 2. The van der Waals surface area contributed by atoms with Gasteiger partial charge in [-0.1, -0.05) is 69.2 Å². The molecule has 31 heavy (non-hydrogen) atoms. The second-order valence-electron chi connectivity index (χ2n) is 7.68. The van der Waals surface area contributed by atoms with E-state index in [9.17, 15) is 14.7 Å². The van der Waals surface area contributed by atoms with Crippen LogP contribution in [0.5, 0.6) is 0 Å². The van der Waals surface area contributed by atoms with Crippen molar-refractivity contribution in [2.75, 3.05) is 0 Å². The Morgan fingerprint density at radius 3 is 2.39 bits per heavy atom. The highest BCUT2D eigenvalue weighted by molar-refractivity contribution is 5.96. The lowest BCUT2D eigenvalue weighted by Crippen LogP contribution is -2.07. The van der Waals surface area contributed by atoms with Crippen LogP contribution in [0, 0.1) is 0 Å². The molecular weight excluding hydrogens is 390 g/mol. The molecule has 6 nitrogen and oxygen atoms in total. The van der Waals surface area contributed by atoms with Crippen molar-refractivity contribution in [1.82, 2.24) is 14.8 Å². The number of carbonyl (C=O) groups excluding carboxylic acids is 1. The fourth-order valence-corrected chi connectivity index (χ4v) is 3.56. The van der Waals surface area contributed by atoms with Gasteiger partial charge in [-0.05, 0) is 35.6 Å². The summed E-state index contributed by atoms with van der Waals surface area (Å²) in [7, 11) is 0. The maximum Gasteiger partial charge on any atom is 0.336 e. The molecule has 162 valence electrons.